The van der Waals surface area contributed by atoms with Gasteiger partial charge in [0.25, 0.3) is 5.56 Å². The molecule has 0 radical (unpaired) electrons. The van der Waals surface area contributed by atoms with Crippen molar-refractivity contribution in [1.29, 1.82) is 5.26 Å². The van der Waals surface area contributed by atoms with Crippen LogP contribution in [0.25, 0.3) is 11.1 Å². The number of carboxylic acids is 1. The largest absolute Gasteiger partial charge is 0.478 e. The highest BCUT2D eigenvalue weighted by molar-refractivity contribution is 5.96. The summed E-state index contributed by atoms with van der Waals surface area (Å²) in [5.41, 5.74) is 2.47. The number of aryl methyl sites for hydroxylation is 1. The average Bonchev–Trinajstić information content (AvgIpc) is 2.45. The molecule has 0 spiro atoms. The third kappa shape index (κ3) is 2.27. The van der Waals surface area contributed by atoms with Crippen LogP contribution in [0.1, 0.15) is 32.9 Å². The van der Waals surface area contributed by atoms with Crippen molar-refractivity contribution < 1.29 is 9.90 Å². The Balaban J connectivity index is 3.00. The zero-order valence-corrected chi connectivity index (χ0v) is 12.8. The highest BCUT2D eigenvalue weighted by Gasteiger charge is 2.21. The van der Waals surface area contributed by atoms with Crippen LogP contribution in [0, 0.1) is 32.1 Å². The third-order valence-corrected chi connectivity index (χ3v) is 3.79. The van der Waals surface area contributed by atoms with Gasteiger partial charge in [0.1, 0.15) is 11.6 Å². The van der Waals surface area contributed by atoms with Crippen molar-refractivity contribution >= 4 is 5.97 Å². The second-order valence-corrected chi connectivity index (χ2v) is 5.11. The molecule has 0 aromatic carbocycles. The van der Waals surface area contributed by atoms with E-state index in [2.05, 4.69) is 4.98 Å². The van der Waals surface area contributed by atoms with Crippen molar-refractivity contribution in [2.45, 2.75) is 20.8 Å². The van der Waals surface area contributed by atoms with Crippen LogP contribution in [0.5, 0.6) is 0 Å². The molecule has 0 fully saturated rings. The molecule has 0 aliphatic carbocycles. The van der Waals surface area contributed by atoms with Gasteiger partial charge in [-0.05, 0) is 32.4 Å². The van der Waals surface area contributed by atoms with E-state index in [1.165, 1.54) is 10.8 Å². The number of rotatable bonds is 2. The summed E-state index contributed by atoms with van der Waals surface area (Å²) in [5.74, 6) is -1.10. The van der Waals surface area contributed by atoms with Crippen LogP contribution in [0.2, 0.25) is 0 Å². The van der Waals surface area contributed by atoms with E-state index in [0.717, 1.165) is 0 Å². The number of nitriles is 1. The number of carbonyl (C=O) groups is 1. The Morgan fingerprint density at radius 2 is 2.00 bits per heavy atom. The summed E-state index contributed by atoms with van der Waals surface area (Å²) in [5, 5.41) is 18.6. The lowest BCUT2D eigenvalue weighted by atomic mass is 9.93. The normalized spacial score (nSPS) is 10.3. The number of aromatic nitrogens is 2. The number of nitrogens with zero attached hydrogens (tertiary/aromatic N) is 3. The Morgan fingerprint density at radius 1 is 1.36 bits per heavy atom. The van der Waals surface area contributed by atoms with E-state index in [9.17, 15) is 20.0 Å². The molecule has 0 atom stereocenters. The second-order valence-electron chi connectivity index (χ2n) is 5.11. The summed E-state index contributed by atoms with van der Waals surface area (Å²) < 4.78 is 1.36. The number of aromatic carboxylic acids is 1. The van der Waals surface area contributed by atoms with Crippen molar-refractivity contribution in [2.24, 2.45) is 7.05 Å². The van der Waals surface area contributed by atoms with Crippen molar-refractivity contribution in [3.8, 4) is 17.2 Å². The van der Waals surface area contributed by atoms with Crippen molar-refractivity contribution in [1.82, 2.24) is 9.55 Å². The molecule has 0 saturated carbocycles. The summed E-state index contributed by atoms with van der Waals surface area (Å²) in [6, 6.07) is 3.57. The zero-order valence-electron chi connectivity index (χ0n) is 12.8. The highest BCUT2D eigenvalue weighted by Crippen LogP contribution is 2.30. The lowest BCUT2D eigenvalue weighted by Crippen LogP contribution is -2.24. The molecule has 6 heteroatoms. The third-order valence-electron chi connectivity index (χ3n) is 3.79. The quantitative estimate of drug-likeness (QED) is 0.913. The molecule has 2 aromatic rings. The smallest absolute Gasteiger partial charge is 0.337 e. The van der Waals surface area contributed by atoms with E-state index in [0.29, 0.717) is 28.1 Å². The fourth-order valence-corrected chi connectivity index (χ4v) is 2.51. The fraction of sp³-hybridized carbons (Fsp3) is 0.250. The molecule has 112 valence electrons. The summed E-state index contributed by atoms with van der Waals surface area (Å²) in [4.78, 5) is 27.6. The molecule has 2 aromatic heterocycles. The van der Waals surface area contributed by atoms with E-state index in [1.807, 2.05) is 6.07 Å². The van der Waals surface area contributed by atoms with Gasteiger partial charge in [0.15, 0.2) is 0 Å². The lowest BCUT2D eigenvalue weighted by Gasteiger charge is -2.17. The zero-order chi connectivity index (χ0) is 16.6. The molecule has 2 heterocycles. The molecule has 22 heavy (non-hydrogen) atoms. The molecule has 1 N–H and O–H groups in total. The molecule has 0 aliphatic heterocycles. The average molecular weight is 297 g/mol. The van der Waals surface area contributed by atoms with Gasteiger partial charge in [-0.3, -0.25) is 9.78 Å². The van der Waals surface area contributed by atoms with Gasteiger partial charge in [-0.15, -0.1) is 0 Å². The Labute approximate surface area is 127 Å². The summed E-state index contributed by atoms with van der Waals surface area (Å²) in [7, 11) is 1.57. The predicted molar refractivity (Wildman–Crippen MR) is 80.8 cm³/mol. The molecule has 0 aliphatic rings. The minimum atomic E-state index is -1.10. The summed E-state index contributed by atoms with van der Waals surface area (Å²) in [6.45, 7) is 5.14. The Kier molecular flexibility index (Phi) is 3.83. The minimum absolute atomic E-state index is 0.0221. The van der Waals surface area contributed by atoms with Gasteiger partial charge in [0.2, 0.25) is 0 Å². The molecule has 0 saturated heterocycles. The van der Waals surface area contributed by atoms with Gasteiger partial charge in [-0.1, -0.05) is 0 Å². The fourth-order valence-electron chi connectivity index (χ4n) is 2.51. The van der Waals surface area contributed by atoms with E-state index in [4.69, 9.17) is 0 Å². The maximum Gasteiger partial charge on any atom is 0.337 e. The number of carboxylic acid groups (broad SMARTS) is 1. The number of hydrogen-bond donors (Lipinski definition) is 1. The van der Waals surface area contributed by atoms with Gasteiger partial charge < -0.3 is 9.67 Å². The maximum atomic E-state index is 12.1. The molecular weight excluding hydrogens is 282 g/mol. The molecule has 6 nitrogen and oxygen atoms in total. The van der Waals surface area contributed by atoms with Gasteiger partial charge >= 0.3 is 5.97 Å². The van der Waals surface area contributed by atoms with E-state index < -0.39 is 5.97 Å². The standard InChI is InChI=1S/C16H15N3O3/c1-8-5-11(13(7-18-8)16(21)22)14-9(2)12(6-17)15(20)19(4)10(14)3/h5,7H,1-4H3,(H,21,22). The van der Waals surface area contributed by atoms with Crippen molar-refractivity contribution in [3.05, 3.63) is 50.7 Å². The SMILES string of the molecule is Cc1cc(-c2c(C)c(C#N)c(=O)n(C)c2C)c(C(=O)O)cn1. The lowest BCUT2D eigenvalue weighted by molar-refractivity contribution is 0.0697. The van der Waals surface area contributed by atoms with Gasteiger partial charge in [0.05, 0.1) is 5.56 Å². The highest BCUT2D eigenvalue weighted by atomic mass is 16.4. The van der Waals surface area contributed by atoms with Crippen LogP contribution >= 0.6 is 0 Å². The summed E-state index contributed by atoms with van der Waals surface area (Å²) >= 11 is 0. The predicted octanol–water partition coefficient (Wildman–Crippen LogP) is 1.94. The first-order valence-corrected chi connectivity index (χ1v) is 6.60. The molecule has 0 amide bonds. The van der Waals surface area contributed by atoms with Gasteiger partial charge in [0, 0.05) is 35.8 Å². The molecule has 2 rings (SSSR count). The molecule has 0 bridgehead atoms. The van der Waals surface area contributed by atoms with E-state index in [1.54, 1.807) is 33.9 Å². The van der Waals surface area contributed by atoms with Crippen LogP contribution in [0.3, 0.4) is 0 Å². The second kappa shape index (κ2) is 5.45. The minimum Gasteiger partial charge on any atom is -0.478 e. The maximum absolute atomic E-state index is 12.1. The number of pyridine rings is 2. The first-order valence-electron chi connectivity index (χ1n) is 6.60. The van der Waals surface area contributed by atoms with Crippen LogP contribution in [0.15, 0.2) is 17.1 Å². The van der Waals surface area contributed by atoms with Crippen molar-refractivity contribution in [3.63, 3.8) is 0 Å². The van der Waals surface area contributed by atoms with E-state index in [-0.39, 0.29) is 16.7 Å². The Bertz CT molecular complexity index is 889. The topological polar surface area (TPSA) is 96.0 Å². The van der Waals surface area contributed by atoms with Crippen LogP contribution < -0.4 is 5.56 Å². The number of hydrogen-bond acceptors (Lipinski definition) is 4. The van der Waals surface area contributed by atoms with Crippen LogP contribution in [-0.2, 0) is 7.05 Å². The van der Waals surface area contributed by atoms with E-state index >= 15 is 0 Å². The van der Waals surface area contributed by atoms with Crippen LogP contribution in [-0.4, -0.2) is 20.6 Å². The Hall–Kier alpha value is -2.94. The van der Waals surface area contributed by atoms with Crippen molar-refractivity contribution in [2.75, 3.05) is 0 Å². The summed E-state index contributed by atoms with van der Waals surface area (Å²) in [6.07, 6.45) is 1.29. The first-order chi connectivity index (χ1) is 10.3. The van der Waals surface area contributed by atoms with Crippen LogP contribution in [0.4, 0.5) is 0 Å². The Morgan fingerprint density at radius 3 is 2.55 bits per heavy atom. The monoisotopic (exact) mass is 297 g/mol. The molecule has 0 unspecified atom stereocenters. The molecular formula is C16H15N3O3. The first kappa shape index (κ1) is 15.4. The van der Waals surface area contributed by atoms with Gasteiger partial charge in [-0.25, -0.2) is 4.79 Å². The van der Waals surface area contributed by atoms with Gasteiger partial charge in [-0.2, -0.15) is 5.26 Å².